The van der Waals surface area contributed by atoms with E-state index in [1.165, 1.54) is 0 Å². The fourth-order valence-corrected chi connectivity index (χ4v) is 3.51. The van der Waals surface area contributed by atoms with Crippen LogP contribution in [0, 0.1) is 13.8 Å². The molecule has 0 aliphatic carbocycles. The van der Waals surface area contributed by atoms with Crippen LogP contribution in [0.15, 0.2) is 16.6 Å². The summed E-state index contributed by atoms with van der Waals surface area (Å²) in [6.07, 6.45) is 0. The Morgan fingerprint density at radius 1 is 1.47 bits per heavy atom. The molecule has 0 spiro atoms. The van der Waals surface area contributed by atoms with Crippen molar-refractivity contribution in [1.29, 1.82) is 0 Å². The number of hydrogen-bond donors (Lipinski definition) is 2. The van der Waals surface area contributed by atoms with Crippen molar-refractivity contribution in [2.24, 2.45) is 0 Å². The fourth-order valence-electron chi connectivity index (χ4n) is 1.88. The van der Waals surface area contributed by atoms with E-state index >= 15 is 0 Å². The zero-order chi connectivity index (χ0) is 12.4. The van der Waals surface area contributed by atoms with E-state index < -0.39 is 0 Å². The summed E-state index contributed by atoms with van der Waals surface area (Å²) in [5.74, 6) is 1.76. The standard InChI is InChI=1S/C12H15BrN2OS/c1-7-3-9(13)4-8(2)11(7)15-12(16)10-5-17-6-14-10/h3-4,10,14H,5-6H2,1-2H3,(H,15,16). The first kappa shape index (κ1) is 12.9. The van der Waals surface area contributed by atoms with Crippen LogP contribution in [0.3, 0.4) is 0 Å². The number of benzene rings is 1. The van der Waals surface area contributed by atoms with Crippen LogP contribution < -0.4 is 10.6 Å². The monoisotopic (exact) mass is 314 g/mol. The maximum Gasteiger partial charge on any atom is 0.242 e. The summed E-state index contributed by atoms with van der Waals surface area (Å²) in [4.78, 5) is 12.0. The number of thioether (sulfide) groups is 1. The Morgan fingerprint density at radius 3 is 2.65 bits per heavy atom. The minimum atomic E-state index is -0.0672. The van der Waals surface area contributed by atoms with Crippen LogP contribution in [0.2, 0.25) is 0 Å². The third-order valence-electron chi connectivity index (χ3n) is 2.78. The summed E-state index contributed by atoms with van der Waals surface area (Å²) in [6.45, 7) is 4.01. The highest BCUT2D eigenvalue weighted by Gasteiger charge is 2.23. The van der Waals surface area contributed by atoms with Gasteiger partial charge >= 0.3 is 0 Å². The molecule has 17 heavy (non-hydrogen) atoms. The lowest BCUT2D eigenvalue weighted by molar-refractivity contribution is -0.117. The largest absolute Gasteiger partial charge is 0.324 e. The number of amides is 1. The second-order valence-corrected chi connectivity index (χ2v) is 6.12. The quantitative estimate of drug-likeness (QED) is 0.882. The van der Waals surface area contributed by atoms with Gasteiger partial charge in [-0.15, -0.1) is 11.8 Å². The Hall–Kier alpha value is -0.520. The maximum atomic E-state index is 12.0. The molecular weight excluding hydrogens is 300 g/mol. The second-order valence-electron chi connectivity index (χ2n) is 4.18. The number of hydrogen-bond acceptors (Lipinski definition) is 3. The average molecular weight is 315 g/mol. The Bertz CT molecular complexity index is 421. The molecule has 1 aromatic carbocycles. The van der Waals surface area contributed by atoms with Crippen LogP contribution in [-0.2, 0) is 4.79 Å². The fraction of sp³-hybridized carbons (Fsp3) is 0.417. The van der Waals surface area contributed by atoms with Gasteiger partial charge in [-0.25, -0.2) is 0 Å². The van der Waals surface area contributed by atoms with Gasteiger partial charge in [0.2, 0.25) is 5.91 Å². The molecule has 0 saturated carbocycles. The molecule has 1 saturated heterocycles. The number of carbonyl (C=O) groups is 1. The molecule has 1 unspecified atom stereocenters. The van der Waals surface area contributed by atoms with Crippen molar-refractivity contribution in [3.8, 4) is 0 Å². The van der Waals surface area contributed by atoms with Crippen molar-refractivity contribution in [1.82, 2.24) is 5.32 Å². The maximum absolute atomic E-state index is 12.0. The van der Waals surface area contributed by atoms with E-state index in [0.717, 1.165) is 32.9 Å². The third kappa shape index (κ3) is 3.03. The number of nitrogens with one attached hydrogen (secondary N) is 2. The molecular formula is C12H15BrN2OS. The van der Waals surface area contributed by atoms with E-state index in [-0.39, 0.29) is 11.9 Å². The van der Waals surface area contributed by atoms with Gasteiger partial charge in [0.05, 0.1) is 6.04 Å². The number of carbonyl (C=O) groups excluding carboxylic acids is 1. The van der Waals surface area contributed by atoms with E-state index in [4.69, 9.17) is 0 Å². The van der Waals surface area contributed by atoms with Crippen molar-refractivity contribution in [3.05, 3.63) is 27.7 Å². The van der Waals surface area contributed by atoms with Gasteiger partial charge in [-0.2, -0.15) is 0 Å². The summed E-state index contributed by atoms with van der Waals surface area (Å²) >= 11 is 5.20. The van der Waals surface area contributed by atoms with Gasteiger partial charge in [-0.3, -0.25) is 10.1 Å². The van der Waals surface area contributed by atoms with Gasteiger partial charge in [0.1, 0.15) is 0 Å². The lowest BCUT2D eigenvalue weighted by atomic mass is 10.1. The Labute approximate surface area is 114 Å². The normalized spacial score (nSPS) is 19.4. The van der Waals surface area contributed by atoms with Gasteiger partial charge in [-0.05, 0) is 37.1 Å². The highest BCUT2D eigenvalue weighted by atomic mass is 79.9. The first-order valence-electron chi connectivity index (χ1n) is 5.46. The zero-order valence-electron chi connectivity index (χ0n) is 9.84. The molecule has 5 heteroatoms. The average Bonchev–Trinajstić information content (AvgIpc) is 2.76. The lowest BCUT2D eigenvalue weighted by Gasteiger charge is -2.15. The first-order chi connectivity index (χ1) is 8.08. The number of anilines is 1. The lowest BCUT2D eigenvalue weighted by Crippen LogP contribution is -2.37. The van der Waals surface area contributed by atoms with Crippen LogP contribution in [0.1, 0.15) is 11.1 Å². The number of aryl methyl sites for hydroxylation is 2. The number of halogens is 1. The van der Waals surface area contributed by atoms with Crippen molar-refractivity contribution >= 4 is 39.3 Å². The van der Waals surface area contributed by atoms with Crippen LogP contribution >= 0.6 is 27.7 Å². The summed E-state index contributed by atoms with van der Waals surface area (Å²) in [5.41, 5.74) is 3.09. The topological polar surface area (TPSA) is 41.1 Å². The predicted octanol–water partition coefficient (Wildman–Crippen LogP) is 2.67. The van der Waals surface area contributed by atoms with Crippen molar-refractivity contribution in [2.45, 2.75) is 19.9 Å². The van der Waals surface area contributed by atoms with Gasteiger partial charge in [0.15, 0.2) is 0 Å². The summed E-state index contributed by atoms with van der Waals surface area (Å²) in [6, 6.07) is 3.96. The molecule has 1 heterocycles. The summed E-state index contributed by atoms with van der Waals surface area (Å²) < 4.78 is 1.04. The van der Waals surface area contributed by atoms with E-state index in [0.29, 0.717) is 0 Å². The molecule has 1 aromatic rings. The van der Waals surface area contributed by atoms with E-state index in [1.807, 2.05) is 26.0 Å². The Morgan fingerprint density at radius 2 is 2.12 bits per heavy atom. The molecule has 2 rings (SSSR count). The first-order valence-corrected chi connectivity index (χ1v) is 7.41. The predicted molar refractivity (Wildman–Crippen MR) is 76.5 cm³/mol. The summed E-state index contributed by atoms with van der Waals surface area (Å²) in [7, 11) is 0. The Balaban J connectivity index is 2.15. The molecule has 92 valence electrons. The SMILES string of the molecule is Cc1cc(Br)cc(C)c1NC(=O)C1CSCN1. The molecule has 1 atom stereocenters. The minimum Gasteiger partial charge on any atom is -0.324 e. The van der Waals surface area contributed by atoms with E-state index in [1.54, 1.807) is 11.8 Å². The smallest absolute Gasteiger partial charge is 0.242 e. The molecule has 1 aliphatic heterocycles. The molecule has 3 nitrogen and oxygen atoms in total. The van der Waals surface area contributed by atoms with Gasteiger partial charge in [0, 0.05) is 21.8 Å². The summed E-state index contributed by atoms with van der Waals surface area (Å²) in [5, 5.41) is 6.18. The molecule has 0 aromatic heterocycles. The van der Waals surface area contributed by atoms with Crippen LogP contribution in [0.25, 0.3) is 0 Å². The molecule has 1 aliphatic rings. The van der Waals surface area contributed by atoms with Gasteiger partial charge in [0.25, 0.3) is 0 Å². The molecule has 0 radical (unpaired) electrons. The van der Waals surface area contributed by atoms with Crippen LogP contribution in [0.5, 0.6) is 0 Å². The van der Waals surface area contributed by atoms with E-state index in [2.05, 4.69) is 26.6 Å². The van der Waals surface area contributed by atoms with Gasteiger partial charge < -0.3 is 5.32 Å². The Kier molecular flexibility index (Phi) is 4.12. The van der Waals surface area contributed by atoms with Crippen LogP contribution in [-0.4, -0.2) is 23.6 Å². The molecule has 1 fully saturated rings. The number of rotatable bonds is 2. The van der Waals surface area contributed by atoms with Crippen molar-refractivity contribution < 1.29 is 4.79 Å². The zero-order valence-corrected chi connectivity index (χ0v) is 12.2. The highest BCUT2D eigenvalue weighted by Crippen LogP contribution is 2.25. The van der Waals surface area contributed by atoms with Gasteiger partial charge in [-0.1, -0.05) is 15.9 Å². The van der Waals surface area contributed by atoms with E-state index in [9.17, 15) is 4.79 Å². The van der Waals surface area contributed by atoms with Crippen molar-refractivity contribution in [3.63, 3.8) is 0 Å². The molecule has 0 bridgehead atoms. The third-order valence-corrected chi connectivity index (χ3v) is 4.18. The minimum absolute atomic E-state index is 0.0588. The second kappa shape index (κ2) is 5.42. The molecule has 1 amide bonds. The molecule has 2 N–H and O–H groups in total. The highest BCUT2D eigenvalue weighted by molar-refractivity contribution is 9.10. The van der Waals surface area contributed by atoms with Crippen molar-refractivity contribution in [2.75, 3.05) is 16.9 Å². The van der Waals surface area contributed by atoms with Crippen LogP contribution in [0.4, 0.5) is 5.69 Å².